The lowest BCUT2D eigenvalue weighted by Crippen LogP contribution is -2.42. The minimum Gasteiger partial charge on any atom is -0.395 e. The molecule has 0 aromatic carbocycles. The van der Waals surface area contributed by atoms with Crippen molar-refractivity contribution >= 4 is 21.8 Å². The van der Waals surface area contributed by atoms with Gasteiger partial charge in [0.1, 0.15) is 5.69 Å². The van der Waals surface area contributed by atoms with E-state index in [9.17, 15) is 9.90 Å². The van der Waals surface area contributed by atoms with Crippen LogP contribution in [-0.2, 0) is 6.54 Å². The number of halogens is 1. The van der Waals surface area contributed by atoms with Crippen LogP contribution in [-0.4, -0.2) is 39.7 Å². The van der Waals surface area contributed by atoms with Gasteiger partial charge < -0.3 is 14.6 Å². The molecule has 5 heteroatoms. The molecular formula is C14H23BrN2O2. The van der Waals surface area contributed by atoms with Crippen LogP contribution in [0, 0.1) is 0 Å². The molecule has 4 nitrogen and oxygen atoms in total. The van der Waals surface area contributed by atoms with Gasteiger partial charge in [-0.3, -0.25) is 4.79 Å². The number of carbonyl (C=O) groups is 1. The molecule has 19 heavy (non-hydrogen) atoms. The highest BCUT2D eigenvalue weighted by atomic mass is 79.9. The molecule has 0 aliphatic heterocycles. The van der Waals surface area contributed by atoms with Crippen LogP contribution in [0.5, 0.6) is 0 Å². The average molecular weight is 331 g/mol. The number of rotatable bonds is 7. The van der Waals surface area contributed by atoms with Crippen molar-refractivity contribution in [1.29, 1.82) is 0 Å². The zero-order valence-corrected chi connectivity index (χ0v) is 13.5. The Balaban J connectivity index is 3.04. The van der Waals surface area contributed by atoms with E-state index in [4.69, 9.17) is 0 Å². The van der Waals surface area contributed by atoms with Crippen LogP contribution in [0.4, 0.5) is 0 Å². The van der Waals surface area contributed by atoms with Crippen LogP contribution in [0.2, 0.25) is 0 Å². The molecule has 0 bridgehead atoms. The maximum Gasteiger partial charge on any atom is 0.270 e. The lowest BCUT2D eigenvalue weighted by molar-refractivity contribution is 0.0611. The van der Waals surface area contributed by atoms with Gasteiger partial charge in [0.05, 0.1) is 6.61 Å². The molecule has 1 amide bonds. The quantitative estimate of drug-likeness (QED) is 0.835. The van der Waals surface area contributed by atoms with Crippen LogP contribution in [0.15, 0.2) is 16.7 Å². The molecule has 0 saturated heterocycles. The van der Waals surface area contributed by atoms with Gasteiger partial charge in [-0.25, -0.2) is 0 Å². The molecule has 0 spiro atoms. The second kappa shape index (κ2) is 7.70. The van der Waals surface area contributed by atoms with Crippen LogP contribution in [0.25, 0.3) is 0 Å². The fourth-order valence-electron chi connectivity index (χ4n) is 2.35. The summed E-state index contributed by atoms with van der Waals surface area (Å²) in [5, 5.41) is 9.19. The highest BCUT2D eigenvalue weighted by Gasteiger charge is 2.24. The van der Waals surface area contributed by atoms with Gasteiger partial charge in [0.25, 0.3) is 5.91 Å². The Kier molecular flexibility index (Phi) is 6.58. The Bertz CT molecular complexity index is 414. The predicted molar refractivity (Wildman–Crippen MR) is 80.3 cm³/mol. The van der Waals surface area contributed by atoms with E-state index in [0.717, 1.165) is 23.9 Å². The van der Waals surface area contributed by atoms with Gasteiger partial charge in [0, 0.05) is 29.8 Å². The fraction of sp³-hybridized carbons (Fsp3) is 0.643. The number of hydrogen-bond donors (Lipinski definition) is 1. The van der Waals surface area contributed by atoms with Gasteiger partial charge >= 0.3 is 0 Å². The molecule has 0 radical (unpaired) electrons. The monoisotopic (exact) mass is 330 g/mol. The number of hydrogen-bond acceptors (Lipinski definition) is 2. The third kappa shape index (κ3) is 3.83. The summed E-state index contributed by atoms with van der Waals surface area (Å²) in [5.41, 5.74) is 0.676. The first-order chi connectivity index (χ1) is 9.08. The summed E-state index contributed by atoms with van der Waals surface area (Å²) in [4.78, 5) is 14.4. The third-order valence-corrected chi connectivity index (χ3v) is 3.84. The second-order valence-corrected chi connectivity index (χ2v) is 5.44. The lowest BCUT2D eigenvalue weighted by atomic mass is 10.1. The zero-order chi connectivity index (χ0) is 14.4. The second-order valence-electron chi connectivity index (χ2n) is 4.52. The van der Waals surface area contributed by atoms with E-state index in [1.54, 1.807) is 4.90 Å². The number of aryl methyl sites for hydroxylation is 1. The van der Waals surface area contributed by atoms with Crippen LogP contribution < -0.4 is 0 Å². The maximum absolute atomic E-state index is 12.7. The molecule has 1 aromatic rings. The minimum absolute atomic E-state index is 0.00373. The fourth-order valence-corrected chi connectivity index (χ4v) is 2.81. The van der Waals surface area contributed by atoms with E-state index >= 15 is 0 Å². The van der Waals surface area contributed by atoms with Crippen molar-refractivity contribution in [3.63, 3.8) is 0 Å². The summed E-state index contributed by atoms with van der Waals surface area (Å²) < 4.78 is 2.84. The SMILES string of the molecule is CCC(CC)N(CCO)C(=O)c1cc(Br)cn1CC. The van der Waals surface area contributed by atoms with Crippen molar-refractivity contribution in [2.75, 3.05) is 13.2 Å². The highest BCUT2D eigenvalue weighted by molar-refractivity contribution is 9.10. The van der Waals surface area contributed by atoms with Crippen LogP contribution in [0.3, 0.4) is 0 Å². The zero-order valence-electron chi connectivity index (χ0n) is 11.9. The van der Waals surface area contributed by atoms with E-state index in [-0.39, 0.29) is 18.6 Å². The van der Waals surface area contributed by atoms with Crippen molar-refractivity contribution in [3.05, 3.63) is 22.4 Å². The molecule has 0 saturated carbocycles. The molecule has 0 fully saturated rings. The van der Waals surface area contributed by atoms with Crippen molar-refractivity contribution < 1.29 is 9.90 Å². The molecule has 0 unspecified atom stereocenters. The normalized spacial score (nSPS) is 11.1. The molecule has 1 N–H and O–H groups in total. The van der Waals surface area contributed by atoms with Gasteiger partial charge in [-0.2, -0.15) is 0 Å². The Hall–Kier alpha value is -0.810. The molecule has 1 aromatic heterocycles. The van der Waals surface area contributed by atoms with E-state index in [2.05, 4.69) is 29.8 Å². The number of carbonyl (C=O) groups excluding carboxylic acids is 1. The van der Waals surface area contributed by atoms with Crippen molar-refractivity contribution in [2.45, 2.75) is 46.2 Å². The largest absolute Gasteiger partial charge is 0.395 e. The molecule has 1 rings (SSSR count). The summed E-state index contributed by atoms with van der Waals surface area (Å²) in [6.45, 7) is 7.29. The summed E-state index contributed by atoms with van der Waals surface area (Å²) in [5.74, 6) is -0.00435. The van der Waals surface area contributed by atoms with E-state index in [1.807, 2.05) is 23.8 Å². The topological polar surface area (TPSA) is 45.5 Å². The molecule has 0 atom stereocenters. The van der Waals surface area contributed by atoms with Gasteiger partial charge in [-0.1, -0.05) is 13.8 Å². The van der Waals surface area contributed by atoms with Gasteiger partial charge in [0.15, 0.2) is 0 Å². The summed E-state index contributed by atoms with van der Waals surface area (Å²) in [6.07, 6.45) is 3.71. The third-order valence-electron chi connectivity index (χ3n) is 3.41. The number of nitrogens with zero attached hydrogens (tertiary/aromatic N) is 2. The highest BCUT2D eigenvalue weighted by Crippen LogP contribution is 2.19. The summed E-state index contributed by atoms with van der Waals surface area (Å²) in [6, 6.07) is 2.03. The average Bonchev–Trinajstić information content (AvgIpc) is 2.79. The molecular weight excluding hydrogens is 308 g/mol. The molecule has 1 heterocycles. The van der Waals surface area contributed by atoms with Crippen molar-refractivity contribution in [3.8, 4) is 0 Å². The molecule has 0 aliphatic rings. The van der Waals surface area contributed by atoms with Gasteiger partial charge in [-0.15, -0.1) is 0 Å². The smallest absolute Gasteiger partial charge is 0.270 e. The van der Waals surface area contributed by atoms with Crippen molar-refractivity contribution in [1.82, 2.24) is 9.47 Å². The van der Waals surface area contributed by atoms with Crippen molar-refractivity contribution in [2.24, 2.45) is 0 Å². The summed E-state index contributed by atoms with van der Waals surface area (Å²) in [7, 11) is 0. The standard InChI is InChI=1S/C14H23BrN2O2/c1-4-12(5-2)17(7-8-18)14(19)13-9-11(15)10-16(13)6-3/h9-10,12,18H,4-8H2,1-3H3. The lowest BCUT2D eigenvalue weighted by Gasteiger charge is -2.30. The Morgan fingerprint density at radius 3 is 2.53 bits per heavy atom. The number of aromatic nitrogens is 1. The van der Waals surface area contributed by atoms with Crippen LogP contribution >= 0.6 is 15.9 Å². The minimum atomic E-state index is -0.00435. The van der Waals surface area contributed by atoms with Gasteiger partial charge in [-0.05, 0) is 41.8 Å². The van der Waals surface area contributed by atoms with E-state index in [0.29, 0.717) is 12.2 Å². The molecule has 108 valence electrons. The Labute approximate surface area is 123 Å². The predicted octanol–water partition coefficient (Wildman–Crippen LogP) is 2.89. The van der Waals surface area contributed by atoms with E-state index in [1.165, 1.54) is 0 Å². The number of aliphatic hydroxyl groups excluding tert-OH is 1. The summed E-state index contributed by atoms with van der Waals surface area (Å²) >= 11 is 3.41. The number of amides is 1. The van der Waals surface area contributed by atoms with Gasteiger partial charge in [0.2, 0.25) is 0 Å². The Morgan fingerprint density at radius 2 is 2.05 bits per heavy atom. The Morgan fingerprint density at radius 1 is 1.42 bits per heavy atom. The first kappa shape index (κ1) is 16.2. The maximum atomic E-state index is 12.7. The first-order valence-corrected chi connectivity index (χ1v) is 7.65. The molecule has 0 aliphatic carbocycles. The van der Waals surface area contributed by atoms with Crippen LogP contribution in [0.1, 0.15) is 44.1 Å². The number of aliphatic hydroxyl groups is 1. The first-order valence-electron chi connectivity index (χ1n) is 6.86. The van der Waals surface area contributed by atoms with E-state index < -0.39 is 0 Å².